The van der Waals surface area contributed by atoms with Crippen LogP contribution in [-0.4, -0.2) is 0 Å². The van der Waals surface area contributed by atoms with Gasteiger partial charge in [0.2, 0.25) is 0 Å². The Balaban J connectivity index is -0.0000000318. The topological polar surface area (TPSA) is 0 Å². The van der Waals surface area contributed by atoms with Gasteiger partial charge in [-0.1, -0.05) is 95.4 Å². The molecule has 15 heavy (non-hydrogen) atoms. The summed E-state index contributed by atoms with van der Waals surface area (Å²) in [5, 5.41) is 0. The molecule has 0 fully saturated rings. The molecule has 0 saturated carbocycles. The Morgan fingerprint density at radius 3 is 0.733 bits per heavy atom. The number of rotatable bonds is 2. The first kappa shape index (κ1) is 29.4. The molecule has 0 nitrogen and oxygen atoms in total. The molecule has 0 radical (unpaired) electrons. The van der Waals surface area contributed by atoms with Crippen molar-refractivity contribution in [2.24, 2.45) is 5.92 Å². The number of hydrogen-bond donors (Lipinski definition) is 0. The normalized spacial score (nSPS) is 6.40. The van der Waals surface area contributed by atoms with E-state index in [-0.39, 0.29) is 0 Å². The van der Waals surface area contributed by atoms with Crippen molar-refractivity contribution in [3.63, 3.8) is 0 Å². The quantitative estimate of drug-likeness (QED) is 0.473. The first-order valence-electron chi connectivity index (χ1n) is 7.22. The third-order valence-electron chi connectivity index (χ3n) is 1.39. The van der Waals surface area contributed by atoms with Crippen molar-refractivity contribution < 1.29 is 0 Å². The van der Waals surface area contributed by atoms with Gasteiger partial charge in [0.1, 0.15) is 0 Å². The van der Waals surface area contributed by atoms with E-state index >= 15 is 0 Å². The maximum atomic E-state index is 2.28. The molecular weight excluding hydrogens is 180 g/mol. The third-order valence-corrected chi connectivity index (χ3v) is 1.39. The maximum Gasteiger partial charge on any atom is -0.0448 e. The Bertz CT molecular complexity index is 27.0. The van der Waals surface area contributed by atoms with Gasteiger partial charge in [-0.3, -0.25) is 0 Å². The van der Waals surface area contributed by atoms with Crippen molar-refractivity contribution in [2.45, 2.75) is 95.4 Å². The summed E-state index contributed by atoms with van der Waals surface area (Å²) < 4.78 is 0. The van der Waals surface area contributed by atoms with E-state index in [0.717, 1.165) is 5.92 Å². The maximum absolute atomic E-state index is 2.28. The molecule has 0 aromatic heterocycles. The third kappa shape index (κ3) is 126. The fourth-order valence-electron chi connectivity index (χ4n) is 0.289. The summed E-state index contributed by atoms with van der Waals surface area (Å²) in [6.45, 7) is 23.0. The standard InChI is InChI=1S/C6H14.C3H8.3C2H6/c1-4-6(3)5-2;1-3-2;3*1-2/h6H,4-5H2,1-3H3;3H2,1-2H3;3*1-2H3. The Hall–Kier alpha value is 0. The van der Waals surface area contributed by atoms with Crippen molar-refractivity contribution in [2.75, 3.05) is 0 Å². The highest BCUT2D eigenvalue weighted by atomic mass is 13.9. The van der Waals surface area contributed by atoms with Crippen LogP contribution in [0.25, 0.3) is 0 Å². The van der Waals surface area contributed by atoms with Gasteiger partial charge in [0.05, 0.1) is 0 Å². The summed E-state index contributed by atoms with van der Waals surface area (Å²) in [5.41, 5.74) is 0. The molecule has 0 spiro atoms. The van der Waals surface area contributed by atoms with Gasteiger partial charge < -0.3 is 0 Å². The lowest BCUT2D eigenvalue weighted by atomic mass is 10.1. The molecule has 0 amide bonds. The average Bonchev–Trinajstić information content (AvgIpc) is 2.36. The highest BCUT2D eigenvalue weighted by Crippen LogP contribution is 2.02. The highest BCUT2D eigenvalue weighted by Gasteiger charge is 1.88. The van der Waals surface area contributed by atoms with Crippen LogP contribution in [0.3, 0.4) is 0 Å². The Labute approximate surface area is 102 Å². The fraction of sp³-hybridized carbons (Fsp3) is 1.00. The molecular formula is C15H40. The van der Waals surface area contributed by atoms with Gasteiger partial charge >= 0.3 is 0 Å². The van der Waals surface area contributed by atoms with Crippen LogP contribution in [0.1, 0.15) is 95.4 Å². The zero-order valence-electron chi connectivity index (χ0n) is 13.7. The monoisotopic (exact) mass is 220 g/mol. The fourth-order valence-corrected chi connectivity index (χ4v) is 0.289. The molecule has 0 aliphatic rings. The van der Waals surface area contributed by atoms with E-state index in [1.54, 1.807) is 0 Å². The lowest BCUT2D eigenvalue weighted by Gasteiger charge is -1.98. The van der Waals surface area contributed by atoms with E-state index < -0.39 is 0 Å². The van der Waals surface area contributed by atoms with Gasteiger partial charge in [-0.15, -0.1) is 0 Å². The van der Waals surface area contributed by atoms with Crippen LogP contribution >= 0.6 is 0 Å². The van der Waals surface area contributed by atoms with Gasteiger partial charge in [-0.2, -0.15) is 0 Å². The van der Waals surface area contributed by atoms with E-state index in [0.29, 0.717) is 0 Å². The van der Waals surface area contributed by atoms with Crippen LogP contribution in [0.15, 0.2) is 0 Å². The lowest BCUT2D eigenvalue weighted by Crippen LogP contribution is -1.85. The van der Waals surface area contributed by atoms with Crippen LogP contribution in [0.5, 0.6) is 0 Å². The van der Waals surface area contributed by atoms with Gasteiger partial charge in [-0.05, 0) is 5.92 Å². The van der Waals surface area contributed by atoms with E-state index in [1.165, 1.54) is 19.3 Å². The van der Waals surface area contributed by atoms with Crippen molar-refractivity contribution in [1.82, 2.24) is 0 Å². The molecule has 0 unspecified atom stereocenters. The molecule has 0 aliphatic carbocycles. The summed E-state index contributed by atoms with van der Waals surface area (Å²) in [6.07, 6.45) is 3.91. The molecule has 0 saturated heterocycles. The molecule has 100 valence electrons. The zero-order chi connectivity index (χ0) is 13.7. The summed E-state index contributed by atoms with van der Waals surface area (Å²) >= 11 is 0. The second-order valence-electron chi connectivity index (χ2n) is 2.63. The van der Waals surface area contributed by atoms with Crippen LogP contribution in [-0.2, 0) is 0 Å². The van der Waals surface area contributed by atoms with Crippen LogP contribution in [0, 0.1) is 5.92 Å². The van der Waals surface area contributed by atoms with Gasteiger partial charge in [0, 0.05) is 0 Å². The van der Waals surface area contributed by atoms with E-state index in [9.17, 15) is 0 Å². The first-order chi connectivity index (χ1) is 7.22. The van der Waals surface area contributed by atoms with Gasteiger partial charge in [0.15, 0.2) is 0 Å². The van der Waals surface area contributed by atoms with E-state index in [2.05, 4.69) is 34.6 Å². The van der Waals surface area contributed by atoms with Crippen LogP contribution in [0.4, 0.5) is 0 Å². The Morgan fingerprint density at radius 1 is 0.600 bits per heavy atom. The summed E-state index contributed by atoms with van der Waals surface area (Å²) in [7, 11) is 0. The van der Waals surface area contributed by atoms with Crippen molar-refractivity contribution in [1.29, 1.82) is 0 Å². The Morgan fingerprint density at radius 2 is 0.733 bits per heavy atom. The molecule has 0 atom stereocenters. The SMILES string of the molecule is CC.CC.CC.CCC.CCC(C)CC. The molecule has 0 aromatic rings. The summed E-state index contributed by atoms with van der Waals surface area (Å²) in [5.74, 6) is 0.935. The molecule has 0 rings (SSSR count). The van der Waals surface area contributed by atoms with Crippen molar-refractivity contribution in [3.05, 3.63) is 0 Å². The number of hydrogen-bond acceptors (Lipinski definition) is 0. The smallest absolute Gasteiger partial charge is 0.0448 e. The highest BCUT2D eigenvalue weighted by molar-refractivity contribution is 4.41. The van der Waals surface area contributed by atoms with E-state index in [4.69, 9.17) is 0 Å². The predicted octanol–water partition coefficient (Wildman–Crippen LogP) is 6.94. The molecule has 0 heterocycles. The predicted molar refractivity (Wildman–Crippen MR) is 79.8 cm³/mol. The van der Waals surface area contributed by atoms with Gasteiger partial charge in [-0.25, -0.2) is 0 Å². The lowest BCUT2D eigenvalue weighted by molar-refractivity contribution is 0.544. The molecule has 0 N–H and O–H groups in total. The van der Waals surface area contributed by atoms with Crippen molar-refractivity contribution in [3.8, 4) is 0 Å². The van der Waals surface area contributed by atoms with Gasteiger partial charge in [0.25, 0.3) is 0 Å². The zero-order valence-corrected chi connectivity index (χ0v) is 13.7. The molecule has 0 heteroatoms. The average molecular weight is 220 g/mol. The van der Waals surface area contributed by atoms with Crippen molar-refractivity contribution >= 4 is 0 Å². The first-order valence-corrected chi connectivity index (χ1v) is 7.22. The second kappa shape index (κ2) is 65.7. The van der Waals surface area contributed by atoms with Crippen LogP contribution < -0.4 is 0 Å². The Kier molecular flexibility index (Phi) is 129. The summed E-state index contributed by atoms with van der Waals surface area (Å²) in [6, 6.07) is 0. The minimum Gasteiger partial charge on any atom is -0.0683 e. The van der Waals surface area contributed by atoms with E-state index in [1.807, 2.05) is 41.5 Å². The molecule has 0 aliphatic heterocycles. The minimum atomic E-state index is 0.935. The van der Waals surface area contributed by atoms with Crippen LogP contribution in [0.2, 0.25) is 0 Å². The largest absolute Gasteiger partial charge is 0.0683 e. The summed E-state index contributed by atoms with van der Waals surface area (Å²) in [4.78, 5) is 0. The minimum absolute atomic E-state index is 0.935. The molecule has 0 bridgehead atoms. The second-order valence-corrected chi connectivity index (χ2v) is 2.63. The molecule has 0 aromatic carbocycles.